The van der Waals surface area contributed by atoms with E-state index in [0.717, 1.165) is 25.9 Å². The highest BCUT2D eigenvalue weighted by atomic mass is 19.4. The fourth-order valence-corrected chi connectivity index (χ4v) is 6.98. The number of imidazole rings is 1. The van der Waals surface area contributed by atoms with Gasteiger partial charge in [-0.3, -0.25) is 14.3 Å². The van der Waals surface area contributed by atoms with Crippen LogP contribution < -0.4 is 16.0 Å². The molecule has 5 heterocycles. The Kier molecular flexibility index (Phi) is 9.00. The van der Waals surface area contributed by atoms with Crippen LogP contribution in [0.2, 0.25) is 0 Å². The summed E-state index contributed by atoms with van der Waals surface area (Å²) >= 11 is 0. The number of halogens is 5. The molecule has 0 aromatic carbocycles. The molecule has 2 aliphatic heterocycles. The first-order valence-electron chi connectivity index (χ1n) is 15.9. The second-order valence-electron chi connectivity index (χ2n) is 12.7. The topological polar surface area (TPSA) is 131 Å². The van der Waals surface area contributed by atoms with Gasteiger partial charge in [0.25, 0.3) is 11.7 Å². The standard InChI is InChI=1S/C30H38F5N9O2/c1-2-43-23(7-12-38-43)27(46)40-25(17-3-8-29(31,32)9-4-17)22-16-44-28(39-22)41-24(18-5-10-36-11-6-18)21(42-44)14-19-13-20(30(33,34)35)15-37-26(19)45/h7,12,16-20,25,36H,2-6,8-11,13-15H2,1H3,(H,37,45)(H,40,46)/t19-,20-,25+/m1/s1. The van der Waals surface area contributed by atoms with Crippen LogP contribution in [0.5, 0.6) is 0 Å². The maximum atomic E-state index is 14.1. The smallest absolute Gasteiger partial charge is 0.355 e. The van der Waals surface area contributed by atoms with Crippen molar-refractivity contribution in [3.05, 3.63) is 41.2 Å². The highest BCUT2D eigenvalue weighted by Crippen LogP contribution is 2.42. The van der Waals surface area contributed by atoms with Gasteiger partial charge in [0.1, 0.15) is 5.69 Å². The van der Waals surface area contributed by atoms with E-state index in [-0.39, 0.29) is 56.1 Å². The van der Waals surface area contributed by atoms with Gasteiger partial charge in [-0.15, -0.1) is 0 Å². The Bertz CT molecular complexity index is 1560. The van der Waals surface area contributed by atoms with Crippen molar-refractivity contribution in [3.8, 4) is 0 Å². The highest BCUT2D eigenvalue weighted by molar-refractivity contribution is 5.92. The SMILES string of the molecule is CCn1nccc1C(=O)N[C@H](c1cn2nc(C[C@H]3C[C@@H](C(F)(F)F)CNC3=O)c(C3CCNCC3)nc2n1)C1CCC(F)(F)CC1. The summed E-state index contributed by atoms with van der Waals surface area (Å²) < 4.78 is 72.0. The van der Waals surface area contributed by atoms with Gasteiger partial charge in [-0.25, -0.2) is 23.3 Å². The third-order valence-corrected chi connectivity index (χ3v) is 9.61. The minimum atomic E-state index is -4.43. The summed E-state index contributed by atoms with van der Waals surface area (Å²) in [6, 6.07) is 0.856. The molecule has 250 valence electrons. The lowest BCUT2D eigenvalue weighted by atomic mass is 9.81. The monoisotopic (exact) mass is 651 g/mol. The lowest BCUT2D eigenvalue weighted by Crippen LogP contribution is -2.47. The molecule has 0 bridgehead atoms. The fraction of sp³-hybridized carbons (Fsp3) is 0.667. The number of hydrogen-bond acceptors (Lipinski definition) is 7. The molecule has 2 saturated heterocycles. The zero-order chi connectivity index (χ0) is 32.6. The Balaban J connectivity index is 1.35. The Morgan fingerprint density at radius 2 is 1.89 bits per heavy atom. The van der Waals surface area contributed by atoms with E-state index in [9.17, 15) is 31.5 Å². The minimum Gasteiger partial charge on any atom is -0.355 e. The number of nitrogens with zero attached hydrogens (tertiary/aromatic N) is 6. The third kappa shape index (κ3) is 6.86. The van der Waals surface area contributed by atoms with Gasteiger partial charge in [0, 0.05) is 50.4 Å². The molecule has 3 fully saturated rings. The second kappa shape index (κ2) is 12.8. The first-order valence-corrected chi connectivity index (χ1v) is 15.9. The molecule has 3 aromatic heterocycles. The van der Waals surface area contributed by atoms with Gasteiger partial charge in [0.15, 0.2) is 0 Å². The van der Waals surface area contributed by atoms with Crippen LogP contribution in [-0.4, -0.2) is 72.9 Å². The molecule has 2 amide bonds. The number of carbonyl (C=O) groups excluding carboxylic acids is 2. The van der Waals surface area contributed by atoms with Crippen LogP contribution in [0, 0.1) is 17.8 Å². The molecule has 3 aromatic rings. The van der Waals surface area contributed by atoms with Crippen molar-refractivity contribution in [2.45, 2.75) is 88.9 Å². The van der Waals surface area contributed by atoms with Crippen LogP contribution in [0.15, 0.2) is 18.5 Å². The number of aryl methyl sites for hydroxylation is 1. The van der Waals surface area contributed by atoms with Crippen molar-refractivity contribution in [2.24, 2.45) is 17.8 Å². The van der Waals surface area contributed by atoms with E-state index in [0.29, 0.717) is 29.3 Å². The summed E-state index contributed by atoms with van der Waals surface area (Å²) in [7, 11) is 0. The summed E-state index contributed by atoms with van der Waals surface area (Å²) in [5, 5.41) is 17.6. The van der Waals surface area contributed by atoms with Crippen LogP contribution in [0.4, 0.5) is 22.0 Å². The molecule has 6 rings (SSSR count). The van der Waals surface area contributed by atoms with E-state index in [1.165, 1.54) is 15.4 Å². The van der Waals surface area contributed by atoms with E-state index in [1.807, 2.05) is 6.92 Å². The zero-order valence-corrected chi connectivity index (χ0v) is 25.5. The van der Waals surface area contributed by atoms with E-state index >= 15 is 0 Å². The molecule has 1 aliphatic carbocycles. The van der Waals surface area contributed by atoms with Crippen LogP contribution in [0.3, 0.4) is 0 Å². The molecule has 0 spiro atoms. The van der Waals surface area contributed by atoms with Crippen molar-refractivity contribution >= 4 is 17.6 Å². The largest absolute Gasteiger partial charge is 0.393 e. The van der Waals surface area contributed by atoms with E-state index in [4.69, 9.17) is 15.1 Å². The highest BCUT2D eigenvalue weighted by Gasteiger charge is 2.45. The first-order chi connectivity index (χ1) is 21.9. The Morgan fingerprint density at radius 3 is 2.59 bits per heavy atom. The molecular formula is C30H38F5N9O2. The summed E-state index contributed by atoms with van der Waals surface area (Å²) in [4.78, 5) is 35.7. The molecule has 3 aliphatic rings. The predicted molar refractivity (Wildman–Crippen MR) is 155 cm³/mol. The van der Waals surface area contributed by atoms with Gasteiger partial charge >= 0.3 is 6.18 Å². The van der Waals surface area contributed by atoms with E-state index in [2.05, 4.69) is 21.0 Å². The molecule has 3 atom stereocenters. The number of alkyl halides is 5. The van der Waals surface area contributed by atoms with Gasteiger partial charge in [-0.1, -0.05) is 0 Å². The molecular weight excluding hydrogens is 613 g/mol. The number of rotatable bonds is 8. The molecule has 0 radical (unpaired) electrons. The number of nitrogens with one attached hydrogen (secondary N) is 3. The van der Waals surface area contributed by atoms with Gasteiger partial charge in [-0.2, -0.15) is 23.4 Å². The van der Waals surface area contributed by atoms with Crippen molar-refractivity contribution in [2.75, 3.05) is 19.6 Å². The van der Waals surface area contributed by atoms with Gasteiger partial charge < -0.3 is 16.0 Å². The van der Waals surface area contributed by atoms with E-state index < -0.39 is 48.3 Å². The van der Waals surface area contributed by atoms with Gasteiger partial charge in [-0.05, 0) is 64.1 Å². The normalized spacial score (nSPS) is 23.7. The van der Waals surface area contributed by atoms with Crippen molar-refractivity contribution in [3.63, 3.8) is 0 Å². The summed E-state index contributed by atoms with van der Waals surface area (Å²) in [5.41, 5.74) is 1.74. The Morgan fingerprint density at radius 1 is 1.15 bits per heavy atom. The van der Waals surface area contributed by atoms with E-state index in [1.54, 1.807) is 12.3 Å². The zero-order valence-electron chi connectivity index (χ0n) is 25.5. The maximum Gasteiger partial charge on any atom is 0.393 e. The summed E-state index contributed by atoms with van der Waals surface area (Å²) in [6.45, 7) is 3.32. The van der Waals surface area contributed by atoms with Crippen molar-refractivity contribution < 1.29 is 31.5 Å². The van der Waals surface area contributed by atoms with Crippen molar-refractivity contribution in [1.29, 1.82) is 0 Å². The summed E-state index contributed by atoms with van der Waals surface area (Å²) in [5.74, 6) is -6.37. The second-order valence-corrected chi connectivity index (χ2v) is 12.7. The minimum absolute atomic E-state index is 0.0208. The fourth-order valence-electron chi connectivity index (χ4n) is 6.98. The van der Waals surface area contributed by atoms with Crippen molar-refractivity contribution in [1.82, 2.24) is 45.3 Å². The molecule has 1 saturated carbocycles. The van der Waals surface area contributed by atoms with Crippen LogP contribution in [0.1, 0.15) is 91.4 Å². The molecule has 11 nitrogen and oxygen atoms in total. The lowest BCUT2D eigenvalue weighted by Gasteiger charge is -2.33. The number of amides is 2. The molecule has 46 heavy (non-hydrogen) atoms. The van der Waals surface area contributed by atoms with Gasteiger partial charge in [0.05, 0.1) is 35.2 Å². The third-order valence-electron chi connectivity index (χ3n) is 9.61. The van der Waals surface area contributed by atoms with Crippen LogP contribution >= 0.6 is 0 Å². The van der Waals surface area contributed by atoms with Gasteiger partial charge in [0.2, 0.25) is 11.8 Å². The number of hydrogen-bond donors (Lipinski definition) is 3. The number of fused-ring (bicyclic) bond motifs is 1. The molecule has 0 unspecified atom stereocenters. The van der Waals surface area contributed by atoms with Crippen LogP contribution in [-0.2, 0) is 17.8 Å². The predicted octanol–water partition coefficient (Wildman–Crippen LogP) is 3.96. The Hall–Kier alpha value is -3.69. The number of piperidine rings is 2. The quantitative estimate of drug-likeness (QED) is 0.315. The number of aromatic nitrogens is 6. The average molecular weight is 652 g/mol. The Labute approximate surface area is 262 Å². The van der Waals surface area contributed by atoms with Crippen LogP contribution in [0.25, 0.3) is 5.78 Å². The average Bonchev–Trinajstić information content (AvgIpc) is 3.67. The first kappa shape index (κ1) is 32.3. The molecule has 3 N–H and O–H groups in total. The number of carbonyl (C=O) groups is 2. The maximum absolute atomic E-state index is 14.1. The lowest BCUT2D eigenvalue weighted by molar-refractivity contribution is -0.183. The molecule has 16 heteroatoms. The summed E-state index contributed by atoms with van der Waals surface area (Å²) in [6.07, 6.45) is -0.521.